The predicted octanol–water partition coefficient (Wildman–Crippen LogP) is 3.98. The molecule has 1 saturated heterocycles. The van der Waals surface area contributed by atoms with Gasteiger partial charge in [-0.1, -0.05) is 19.3 Å². The van der Waals surface area contributed by atoms with Gasteiger partial charge in [-0.25, -0.2) is 0 Å². The van der Waals surface area contributed by atoms with Gasteiger partial charge in [-0.15, -0.1) is 11.3 Å². The van der Waals surface area contributed by atoms with E-state index in [0.29, 0.717) is 24.5 Å². The fraction of sp³-hybridized carbons (Fsp3) is 0.722. The number of hydrogen-bond acceptors (Lipinski definition) is 3. The molecule has 22 heavy (non-hydrogen) atoms. The molecule has 3 nitrogen and oxygen atoms in total. The van der Waals surface area contributed by atoms with E-state index in [1.807, 2.05) is 23.3 Å². The van der Waals surface area contributed by atoms with Gasteiger partial charge in [0.2, 0.25) is 5.91 Å². The van der Waals surface area contributed by atoms with E-state index in [9.17, 15) is 4.79 Å². The number of aryl methyl sites for hydroxylation is 1. The lowest BCUT2D eigenvalue weighted by molar-refractivity contribution is -0.134. The van der Waals surface area contributed by atoms with Crippen molar-refractivity contribution in [2.45, 2.75) is 64.0 Å². The number of hydrogen-bond donors (Lipinski definition) is 0. The van der Waals surface area contributed by atoms with Crippen molar-refractivity contribution in [3.8, 4) is 0 Å². The second-order valence-electron chi connectivity index (χ2n) is 6.87. The maximum atomic E-state index is 12.7. The van der Waals surface area contributed by atoms with Crippen molar-refractivity contribution >= 4 is 17.2 Å². The standard InChI is InChI=1S/C18H28N2OS/c1-14-10-11-17(22-14)16-9-6-12-20(16)13-18(21)19(2)15-7-4-3-5-8-15/h10-11,15-16H,3-9,12-13H2,1-2H3. The van der Waals surface area contributed by atoms with E-state index in [0.717, 1.165) is 6.54 Å². The number of likely N-dealkylation sites (tertiary alicyclic amines) is 1. The number of thiophene rings is 1. The van der Waals surface area contributed by atoms with Crippen LogP contribution in [0.3, 0.4) is 0 Å². The van der Waals surface area contributed by atoms with Crippen molar-refractivity contribution in [3.63, 3.8) is 0 Å². The SMILES string of the molecule is Cc1ccc(C2CCCN2CC(=O)N(C)C2CCCCC2)s1. The van der Waals surface area contributed by atoms with Crippen molar-refractivity contribution in [1.29, 1.82) is 0 Å². The Hall–Kier alpha value is -0.870. The van der Waals surface area contributed by atoms with Crippen LogP contribution in [0.4, 0.5) is 0 Å². The van der Waals surface area contributed by atoms with E-state index in [4.69, 9.17) is 0 Å². The maximum absolute atomic E-state index is 12.7. The van der Waals surface area contributed by atoms with Gasteiger partial charge in [0.05, 0.1) is 6.54 Å². The summed E-state index contributed by atoms with van der Waals surface area (Å²) in [5.74, 6) is 0.312. The van der Waals surface area contributed by atoms with Crippen LogP contribution >= 0.6 is 11.3 Å². The Bertz CT molecular complexity index is 507. The summed E-state index contributed by atoms with van der Waals surface area (Å²) in [4.78, 5) is 19.9. The predicted molar refractivity (Wildman–Crippen MR) is 92.2 cm³/mol. The highest BCUT2D eigenvalue weighted by atomic mass is 32.1. The van der Waals surface area contributed by atoms with Crippen molar-refractivity contribution in [2.24, 2.45) is 0 Å². The molecule has 3 rings (SSSR count). The van der Waals surface area contributed by atoms with Gasteiger partial charge >= 0.3 is 0 Å². The Morgan fingerprint density at radius 3 is 2.68 bits per heavy atom. The minimum absolute atomic E-state index is 0.312. The Morgan fingerprint density at radius 1 is 1.23 bits per heavy atom. The molecule has 2 aliphatic rings. The van der Waals surface area contributed by atoms with Crippen molar-refractivity contribution in [2.75, 3.05) is 20.1 Å². The summed E-state index contributed by atoms with van der Waals surface area (Å²) in [6.45, 7) is 3.82. The van der Waals surface area contributed by atoms with Crippen molar-refractivity contribution in [1.82, 2.24) is 9.80 Å². The molecule has 0 radical (unpaired) electrons. The lowest BCUT2D eigenvalue weighted by Gasteiger charge is -2.33. The highest BCUT2D eigenvalue weighted by Crippen LogP contribution is 2.35. The van der Waals surface area contributed by atoms with Crippen LogP contribution in [0.15, 0.2) is 12.1 Å². The summed E-state index contributed by atoms with van der Waals surface area (Å²) in [6.07, 6.45) is 8.69. The first-order chi connectivity index (χ1) is 10.6. The van der Waals surface area contributed by atoms with Crippen LogP contribution in [0.25, 0.3) is 0 Å². The molecule has 1 saturated carbocycles. The average Bonchev–Trinajstić information content (AvgIpc) is 3.16. The summed E-state index contributed by atoms with van der Waals surface area (Å²) in [5, 5.41) is 0. The van der Waals surface area contributed by atoms with Gasteiger partial charge in [-0.05, 0) is 51.3 Å². The number of likely N-dealkylation sites (N-methyl/N-ethyl adjacent to an activating group) is 1. The molecule has 0 aromatic carbocycles. The molecule has 122 valence electrons. The number of carbonyl (C=O) groups is 1. The Kier molecular flexibility index (Phi) is 5.19. The monoisotopic (exact) mass is 320 g/mol. The minimum Gasteiger partial charge on any atom is -0.342 e. The highest BCUT2D eigenvalue weighted by Gasteiger charge is 2.30. The molecule has 4 heteroatoms. The molecule has 1 aromatic rings. The van der Waals surface area contributed by atoms with Crippen LogP contribution in [0, 0.1) is 6.92 Å². The van der Waals surface area contributed by atoms with Gasteiger partial charge in [0.15, 0.2) is 0 Å². The van der Waals surface area contributed by atoms with E-state index in [2.05, 4.69) is 24.0 Å². The molecule has 0 N–H and O–H groups in total. The van der Waals surface area contributed by atoms with E-state index in [-0.39, 0.29) is 0 Å². The summed E-state index contributed by atoms with van der Waals surface area (Å²) in [7, 11) is 2.01. The van der Waals surface area contributed by atoms with E-state index in [1.54, 1.807) is 0 Å². The van der Waals surface area contributed by atoms with Crippen molar-refractivity contribution in [3.05, 3.63) is 21.9 Å². The topological polar surface area (TPSA) is 23.6 Å². The number of nitrogens with zero attached hydrogens (tertiary/aromatic N) is 2. The first-order valence-electron chi connectivity index (χ1n) is 8.71. The Morgan fingerprint density at radius 2 is 2.00 bits per heavy atom. The normalized spacial score (nSPS) is 23.8. The number of carbonyl (C=O) groups excluding carboxylic acids is 1. The zero-order valence-electron chi connectivity index (χ0n) is 13.9. The fourth-order valence-electron chi connectivity index (χ4n) is 3.93. The zero-order chi connectivity index (χ0) is 15.5. The van der Waals surface area contributed by atoms with Gasteiger partial charge in [0, 0.05) is 28.9 Å². The summed E-state index contributed by atoms with van der Waals surface area (Å²) >= 11 is 1.89. The molecule has 0 spiro atoms. The molecule has 1 aliphatic carbocycles. The largest absolute Gasteiger partial charge is 0.342 e. The van der Waals surface area contributed by atoms with Gasteiger partial charge < -0.3 is 4.90 Å². The number of amides is 1. The van der Waals surface area contributed by atoms with Gasteiger partial charge in [0.1, 0.15) is 0 Å². The lowest BCUT2D eigenvalue weighted by Crippen LogP contribution is -2.43. The molecular weight excluding hydrogens is 292 g/mol. The first-order valence-corrected chi connectivity index (χ1v) is 9.53. The van der Waals surface area contributed by atoms with Crippen LogP contribution in [0.2, 0.25) is 0 Å². The molecular formula is C18H28N2OS. The summed E-state index contributed by atoms with van der Waals surface area (Å²) in [6, 6.07) is 5.39. The Balaban J connectivity index is 1.60. The molecule has 1 aliphatic heterocycles. The van der Waals surface area contributed by atoms with Gasteiger partial charge in [-0.3, -0.25) is 9.69 Å². The third-order valence-electron chi connectivity index (χ3n) is 5.31. The third-order valence-corrected chi connectivity index (χ3v) is 6.41. The molecule has 1 atom stereocenters. The summed E-state index contributed by atoms with van der Waals surface area (Å²) in [5.41, 5.74) is 0. The van der Waals surface area contributed by atoms with E-state index < -0.39 is 0 Å². The van der Waals surface area contributed by atoms with Crippen LogP contribution in [-0.4, -0.2) is 41.9 Å². The zero-order valence-corrected chi connectivity index (χ0v) is 14.7. The van der Waals surface area contributed by atoms with Crippen LogP contribution < -0.4 is 0 Å². The molecule has 1 unspecified atom stereocenters. The lowest BCUT2D eigenvalue weighted by atomic mass is 9.94. The summed E-state index contributed by atoms with van der Waals surface area (Å²) < 4.78 is 0. The van der Waals surface area contributed by atoms with Gasteiger partial charge in [0.25, 0.3) is 0 Å². The quantitative estimate of drug-likeness (QED) is 0.837. The highest BCUT2D eigenvalue weighted by molar-refractivity contribution is 7.12. The molecule has 1 aromatic heterocycles. The Labute approximate surface area is 138 Å². The minimum atomic E-state index is 0.312. The third kappa shape index (κ3) is 3.54. The van der Waals surface area contributed by atoms with Crippen LogP contribution in [-0.2, 0) is 4.79 Å². The maximum Gasteiger partial charge on any atom is 0.236 e. The van der Waals surface area contributed by atoms with Crippen LogP contribution in [0.5, 0.6) is 0 Å². The van der Waals surface area contributed by atoms with E-state index >= 15 is 0 Å². The molecule has 2 fully saturated rings. The smallest absolute Gasteiger partial charge is 0.236 e. The van der Waals surface area contributed by atoms with Gasteiger partial charge in [-0.2, -0.15) is 0 Å². The second-order valence-corrected chi connectivity index (χ2v) is 8.19. The molecule has 1 amide bonds. The molecule has 0 bridgehead atoms. The van der Waals surface area contributed by atoms with Crippen LogP contribution in [0.1, 0.15) is 60.7 Å². The molecule has 2 heterocycles. The second kappa shape index (κ2) is 7.14. The number of rotatable bonds is 4. The first kappa shape index (κ1) is 16.0. The average molecular weight is 321 g/mol. The fourth-order valence-corrected chi connectivity index (χ4v) is 4.97. The van der Waals surface area contributed by atoms with E-state index in [1.165, 1.54) is 54.7 Å². The van der Waals surface area contributed by atoms with Crippen molar-refractivity contribution < 1.29 is 4.79 Å².